The van der Waals surface area contributed by atoms with Gasteiger partial charge in [-0.3, -0.25) is 4.79 Å². The fourth-order valence-electron chi connectivity index (χ4n) is 4.55. The highest BCUT2D eigenvalue weighted by Crippen LogP contribution is 2.53. The van der Waals surface area contributed by atoms with Gasteiger partial charge in [-0.25, -0.2) is 0 Å². The number of anilines is 1. The summed E-state index contributed by atoms with van der Waals surface area (Å²) in [6, 6.07) is 17.1. The lowest BCUT2D eigenvalue weighted by Gasteiger charge is -2.50. The average Bonchev–Trinajstić information content (AvgIpc) is 2.83. The molecule has 0 aliphatic carbocycles. The van der Waals surface area contributed by atoms with E-state index in [0.29, 0.717) is 6.42 Å². The third kappa shape index (κ3) is 1.64. The van der Waals surface area contributed by atoms with Gasteiger partial charge >= 0.3 is 0 Å². The Balaban J connectivity index is 2.02. The number of amides is 1. The molecule has 0 aromatic heterocycles. The van der Waals surface area contributed by atoms with Gasteiger partial charge in [-0.2, -0.15) is 0 Å². The molecule has 0 N–H and O–H groups in total. The number of benzene rings is 2. The fourth-order valence-corrected chi connectivity index (χ4v) is 4.55. The second kappa shape index (κ2) is 4.22. The monoisotopic (exact) mass is 291 g/mol. The van der Waals surface area contributed by atoms with Crippen molar-refractivity contribution in [2.75, 3.05) is 4.90 Å². The maximum atomic E-state index is 12.5. The molecular weight excluding hydrogens is 270 g/mol. The standard InChI is InChI=1S/C20H21NO/c1-19(2)13-20(3,15-9-5-4-6-10-15)16-11-7-8-14-12-17(22)21(19)18(14)16/h4-11H,12-13H2,1-3H3/t20-/m0/s1. The predicted molar refractivity (Wildman–Crippen MR) is 89.2 cm³/mol. The SMILES string of the molecule is CC1(C)C[C@@](C)(c2ccccc2)c2cccc3c2N1C(=O)C3. The Morgan fingerprint density at radius 2 is 1.68 bits per heavy atom. The summed E-state index contributed by atoms with van der Waals surface area (Å²) in [6.07, 6.45) is 1.48. The molecule has 22 heavy (non-hydrogen) atoms. The third-order valence-corrected chi connectivity index (χ3v) is 5.33. The van der Waals surface area contributed by atoms with E-state index in [0.717, 1.165) is 12.1 Å². The van der Waals surface area contributed by atoms with Crippen molar-refractivity contribution in [3.8, 4) is 0 Å². The molecule has 0 radical (unpaired) electrons. The Kier molecular flexibility index (Phi) is 2.60. The first-order valence-corrected chi connectivity index (χ1v) is 7.94. The Labute approximate surface area is 131 Å². The van der Waals surface area contributed by atoms with Crippen molar-refractivity contribution in [1.82, 2.24) is 0 Å². The van der Waals surface area contributed by atoms with Gasteiger partial charge in [0.1, 0.15) is 0 Å². The average molecular weight is 291 g/mol. The molecule has 0 saturated heterocycles. The molecule has 2 aromatic rings. The highest BCUT2D eigenvalue weighted by molar-refractivity contribution is 6.04. The largest absolute Gasteiger partial charge is 0.306 e. The van der Waals surface area contributed by atoms with Gasteiger partial charge in [0, 0.05) is 11.0 Å². The molecule has 0 saturated carbocycles. The zero-order chi connectivity index (χ0) is 15.5. The van der Waals surface area contributed by atoms with Crippen LogP contribution in [0.25, 0.3) is 0 Å². The second-order valence-electron chi connectivity index (χ2n) is 7.41. The van der Waals surface area contributed by atoms with Crippen LogP contribution in [-0.2, 0) is 16.6 Å². The zero-order valence-electron chi connectivity index (χ0n) is 13.4. The highest BCUT2D eigenvalue weighted by Gasteiger charge is 2.50. The smallest absolute Gasteiger partial charge is 0.232 e. The number of hydrogen-bond donors (Lipinski definition) is 0. The van der Waals surface area contributed by atoms with Crippen LogP contribution in [0, 0.1) is 0 Å². The van der Waals surface area contributed by atoms with Gasteiger partial charge in [0.15, 0.2) is 0 Å². The molecule has 2 heterocycles. The molecule has 2 heteroatoms. The molecule has 1 amide bonds. The number of nitrogens with zero attached hydrogens (tertiary/aromatic N) is 1. The van der Waals surface area contributed by atoms with Crippen molar-refractivity contribution in [2.24, 2.45) is 0 Å². The third-order valence-electron chi connectivity index (χ3n) is 5.33. The van der Waals surface area contributed by atoms with E-state index in [-0.39, 0.29) is 16.9 Å². The molecule has 0 fully saturated rings. The first-order chi connectivity index (χ1) is 10.4. The molecule has 112 valence electrons. The van der Waals surface area contributed by atoms with Crippen LogP contribution in [0.1, 0.15) is 43.9 Å². The van der Waals surface area contributed by atoms with Crippen molar-refractivity contribution < 1.29 is 4.79 Å². The normalized spacial score (nSPS) is 25.2. The van der Waals surface area contributed by atoms with Crippen molar-refractivity contribution in [3.63, 3.8) is 0 Å². The molecule has 1 atom stereocenters. The molecule has 2 nitrogen and oxygen atoms in total. The molecule has 2 aromatic carbocycles. The minimum Gasteiger partial charge on any atom is -0.306 e. The fraction of sp³-hybridized carbons (Fsp3) is 0.350. The molecular formula is C20H21NO. The van der Waals surface area contributed by atoms with Gasteiger partial charge in [-0.1, -0.05) is 55.5 Å². The van der Waals surface area contributed by atoms with Crippen LogP contribution in [-0.4, -0.2) is 11.4 Å². The summed E-state index contributed by atoms with van der Waals surface area (Å²) in [5, 5.41) is 0. The van der Waals surface area contributed by atoms with Gasteiger partial charge in [0.25, 0.3) is 0 Å². The topological polar surface area (TPSA) is 20.3 Å². The van der Waals surface area contributed by atoms with E-state index in [4.69, 9.17) is 0 Å². The van der Waals surface area contributed by atoms with E-state index in [1.165, 1.54) is 16.7 Å². The highest BCUT2D eigenvalue weighted by atomic mass is 16.2. The number of carbonyl (C=O) groups excluding carboxylic acids is 1. The van der Waals surface area contributed by atoms with Gasteiger partial charge in [0.2, 0.25) is 5.91 Å². The van der Waals surface area contributed by atoms with E-state index in [1.54, 1.807) is 0 Å². The van der Waals surface area contributed by atoms with Crippen molar-refractivity contribution in [3.05, 3.63) is 65.2 Å². The van der Waals surface area contributed by atoms with Crippen LogP contribution < -0.4 is 4.90 Å². The van der Waals surface area contributed by atoms with Crippen LogP contribution in [0.5, 0.6) is 0 Å². The summed E-state index contributed by atoms with van der Waals surface area (Å²) in [6.45, 7) is 6.70. The Morgan fingerprint density at radius 1 is 0.955 bits per heavy atom. The van der Waals surface area contributed by atoms with Gasteiger partial charge < -0.3 is 4.90 Å². The Bertz CT molecular complexity index is 763. The lowest BCUT2D eigenvalue weighted by atomic mass is 9.65. The molecule has 0 bridgehead atoms. The van der Waals surface area contributed by atoms with Crippen molar-refractivity contribution in [2.45, 2.75) is 44.6 Å². The van der Waals surface area contributed by atoms with Crippen LogP contribution >= 0.6 is 0 Å². The zero-order valence-corrected chi connectivity index (χ0v) is 13.4. The summed E-state index contributed by atoms with van der Waals surface area (Å²) >= 11 is 0. The minimum atomic E-state index is -0.165. The van der Waals surface area contributed by atoms with Crippen LogP contribution in [0.4, 0.5) is 5.69 Å². The van der Waals surface area contributed by atoms with E-state index in [9.17, 15) is 4.79 Å². The number of carbonyl (C=O) groups is 1. The summed E-state index contributed by atoms with van der Waals surface area (Å²) in [4.78, 5) is 14.6. The molecule has 4 rings (SSSR count). The van der Waals surface area contributed by atoms with Crippen molar-refractivity contribution in [1.29, 1.82) is 0 Å². The van der Waals surface area contributed by atoms with Crippen LogP contribution in [0.2, 0.25) is 0 Å². The lowest BCUT2D eigenvalue weighted by Crippen LogP contribution is -2.54. The quantitative estimate of drug-likeness (QED) is 0.776. The lowest BCUT2D eigenvalue weighted by molar-refractivity contribution is -0.118. The van der Waals surface area contributed by atoms with E-state index in [2.05, 4.69) is 69.3 Å². The Hall–Kier alpha value is -2.09. The maximum absolute atomic E-state index is 12.5. The maximum Gasteiger partial charge on any atom is 0.232 e. The number of hydrogen-bond acceptors (Lipinski definition) is 1. The molecule has 0 unspecified atom stereocenters. The summed E-state index contributed by atoms with van der Waals surface area (Å²) in [5.74, 6) is 0.238. The first kappa shape index (κ1) is 13.6. The van der Waals surface area contributed by atoms with Crippen LogP contribution in [0.15, 0.2) is 48.5 Å². The van der Waals surface area contributed by atoms with Crippen LogP contribution in [0.3, 0.4) is 0 Å². The molecule has 0 spiro atoms. The van der Waals surface area contributed by atoms with Crippen molar-refractivity contribution >= 4 is 11.6 Å². The summed E-state index contributed by atoms with van der Waals surface area (Å²) in [7, 11) is 0. The van der Waals surface area contributed by atoms with E-state index < -0.39 is 0 Å². The van der Waals surface area contributed by atoms with E-state index >= 15 is 0 Å². The van der Waals surface area contributed by atoms with E-state index in [1.807, 2.05) is 4.90 Å². The minimum absolute atomic E-state index is 0.0583. The molecule has 2 aliphatic rings. The second-order valence-corrected chi connectivity index (χ2v) is 7.41. The van der Waals surface area contributed by atoms with Gasteiger partial charge in [-0.05, 0) is 37.0 Å². The van der Waals surface area contributed by atoms with Gasteiger partial charge in [-0.15, -0.1) is 0 Å². The summed E-state index contributed by atoms with van der Waals surface area (Å²) in [5.41, 5.74) is 4.74. The van der Waals surface area contributed by atoms with Gasteiger partial charge in [0.05, 0.1) is 12.1 Å². The number of para-hydroxylation sites is 1. The molecule has 2 aliphatic heterocycles. The first-order valence-electron chi connectivity index (χ1n) is 7.94. The Morgan fingerprint density at radius 3 is 2.41 bits per heavy atom. The summed E-state index contributed by atoms with van der Waals surface area (Å²) < 4.78 is 0. The predicted octanol–water partition coefficient (Wildman–Crippen LogP) is 4.06. The number of rotatable bonds is 1.